The molecule has 12 heteroatoms. The van der Waals surface area contributed by atoms with Crippen molar-refractivity contribution in [2.75, 3.05) is 18.1 Å². The third-order valence-electron chi connectivity index (χ3n) is 7.91. The highest BCUT2D eigenvalue weighted by Gasteiger charge is 2.48. The maximum atomic E-state index is 14.7. The largest absolute Gasteiger partial charge is 0.433 e. The number of rotatable bonds is 6. The van der Waals surface area contributed by atoms with E-state index in [4.69, 9.17) is 0 Å². The molecule has 220 valence electrons. The first kappa shape index (κ1) is 29.7. The maximum absolute atomic E-state index is 14.7. The Morgan fingerprint density at radius 2 is 1.93 bits per heavy atom. The van der Waals surface area contributed by atoms with Gasteiger partial charge in [0.15, 0.2) is 11.6 Å². The van der Waals surface area contributed by atoms with Crippen LogP contribution in [0.2, 0.25) is 0 Å². The highest BCUT2D eigenvalue weighted by Crippen LogP contribution is 2.46. The molecule has 5 rings (SSSR count). The Hall–Kier alpha value is -3.77. The molecule has 6 nitrogen and oxygen atoms in total. The second-order valence-electron chi connectivity index (χ2n) is 10.4. The van der Waals surface area contributed by atoms with Gasteiger partial charge in [-0.15, -0.1) is 11.8 Å². The highest BCUT2D eigenvalue weighted by atomic mass is 32.2. The molecule has 1 N–H and O–H groups in total. The van der Waals surface area contributed by atoms with Crippen molar-refractivity contribution in [3.8, 4) is 11.3 Å². The molecule has 0 saturated carbocycles. The van der Waals surface area contributed by atoms with E-state index in [1.807, 2.05) is 25.1 Å². The molecule has 2 aliphatic heterocycles. The summed E-state index contributed by atoms with van der Waals surface area (Å²) in [5.41, 5.74) is -0.178. The van der Waals surface area contributed by atoms with E-state index in [2.05, 4.69) is 21.9 Å². The van der Waals surface area contributed by atoms with Crippen LogP contribution in [0.4, 0.5) is 27.6 Å². The Labute approximate surface area is 244 Å². The average molecular weight is 602 g/mol. The number of carbonyl (C=O) groups excluding carboxylic acids is 1. The molecule has 4 heterocycles. The topological polar surface area (TPSA) is 61.4 Å². The van der Waals surface area contributed by atoms with Gasteiger partial charge in [-0.3, -0.25) is 4.79 Å². The number of hydrogen-bond acceptors (Lipinski definition) is 6. The summed E-state index contributed by atoms with van der Waals surface area (Å²) in [5.74, 6) is -2.57. The second-order valence-corrected chi connectivity index (χ2v) is 11.2. The van der Waals surface area contributed by atoms with Gasteiger partial charge in [-0.25, -0.2) is 23.8 Å². The van der Waals surface area contributed by atoms with Gasteiger partial charge in [0, 0.05) is 23.9 Å². The number of pyridine rings is 2. The molecule has 42 heavy (non-hydrogen) atoms. The van der Waals surface area contributed by atoms with Crippen molar-refractivity contribution in [3.63, 3.8) is 0 Å². The van der Waals surface area contributed by atoms with E-state index in [1.54, 1.807) is 17.1 Å². The van der Waals surface area contributed by atoms with Crippen LogP contribution in [0.5, 0.6) is 0 Å². The van der Waals surface area contributed by atoms with E-state index in [1.165, 1.54) is 30.1 Å². The van der Waals surface area contributed by atoms with Gasteiger partial charge in [-0.1, -0.05) is 18.7 Å². The number of thioether (sulfide) groups is 1. The van der Waals surface area contributed by atoms with Crippen LogP contribution in [0.15, 0.2) is 77.1 Å². The first-order chi connectivity index (χ1) is 19.8. The summed E-state index contributed by atoms with van der Waals surface area (Å²) in [6, 6.07) is 9.14. The molecule has 1 atom stereocenters. The third kappa shape index (κ3) is 5.29. The summed E-state index contributed by atoms with van der Waals surface area (Å²) in [4.78, 5) is 22.0. The molecule has 1 amide bonds. The van der Waals surface area contributed by atoms with E-state index in [9.17, 15) is 26.7 Å². The number of nitrogens with one attached hydrogen (secondary N) is 1. The van der Waals surface area contributed by atoms with Crippen molar-refractivity contribution in [1.29, 1.82) is 0 Å². The van der Waals surface area contributed by atoms with Crippen LogP contribution in [0, 0.1) is 11.6 Å². The second kappa shape index (κ2) is 11.1. The molecule has 1 fully saturated rings. The van der Waals surface area contributed by atoms with E-state index in [-0.39, 0.29) is 34.8 Å². The summed E-state index contributed by atoms with van der Waals surface area (Å²) in [6.07, 6.45) is 0.0195. The number of halogens is 5. The summed E-state index contributed by atoms with van der Waals surface area (Å²) >= 11 is 1.37. The van der Waals surface area contributed by atoms with Crippen LogP contribution < -0.4 is 5.32 Å². The van der Waals surface area contributed by atoms with Gasteiger partial charge < -0.3 is 10.3 Å². The van der Waals surface area contributed by atoms with Gasteiger partial charge in [0.25, 0.3) is 5.91 Å². The smallest absolute Gasteiger partial charge is 0.320 e. The lowest BCUT2D eigenvalue weighted by Gasteiger charge is -2.50. The van der Waals surface area contributed by atoms with Crippen LogP contribution >= 0.6 is 11.8 Å². The van der Waals surface area contributed by atoms with Gasteiger partial charge in [-0.05, 0) is 68.8 Å². The monoisotopic (exact) mass is 601 g/mol. The molecule has 1 saturated heterocycles. The molecule has 1 aromatic carbocycles. The van der Waals surface area contributed by atoms with E-state index >= 15 is 0 Å². The first-order valence-electron chi connectivity index (χ1n) is 13.1. The number of fused-ring (bicyclic) bond motifs is 1. The molecule has 3 aromatic rings. The highest BCUT2D eigenvalue weighted by molar-refractivity contribution is 7.98. The zero-order valence-corrected chi connectivity index (χ0v) is 24.0. The summed E-state index contributed by atoms with van der Waals surface area (Å²) in [5, 5.41) is 7.11. The SMILES string of the molecule is C=C1C(C(=O)Nc2ccc(C(F)(F)F)nc2-c2ccc(SC)nc2)=C(C)C2(C)CCCN2N1Cc1cccc(F)c1F. The molecule has 0 radical (unpaired) electrons. The Kier molecular flexibility index (Phi) is 7.88. The Morgan fingerprint density at radius 3 is 2.60 bits per heavy atom. The molecular weight excluding hydrogens is 573 g/mol. The molecule has 2 aliphatic rings. The number of benzene rings is 1. The number of hydrazine groups is 1. The number of aromatic nitrogens is 2. The molecule has 0 aliphatic carbocycles. The zero-order chi connectivity index (χ0) is 30.4. The molecular formula is C30H28F5N5OS. The Bertz CT molecular complexity index is 1590. The fraction of sp³-hybridized carbons (Fsp3) is 0.300. The fourth-order valence-corrected chi connectivity index (χ4v) is 5.92. The van der Waals surface area contributed by atoms with Crippen LogP contribution in [0.1, 0.15) is 37.9 Å². The zero-order valence-electron chi connectivity index (χ0n) is 23.1. The summed E-state index contributed by atoms with van der Waals surface area (Å²) in [7, 11) is 0. The van der Waals surface area contributed by atoms with Gasteiger partial charge in [0.1, 0.15) is 5.69 Å². The van der Waals surface area contributed by atoms with Crippen LogP contribution in [-0.4, -0.2) is 44.2 Å². The molecule has 0 spiro atoms. The van der Waals surface area contributed by atoms with Crippen molar-refractivity contribution >= 4 is 23.4 Å². The van der Waals surface area contributed by atoms with Gasteiger partial charge in [0.05, 0.1) is 39.8 Å². The average Bonchev–Trinajstić information content (AvgIpc) is 3.36. The van der Waals surface area contributed by atoms with Crippen LogP contribution in [0.25, 0.3) is 11.3 Å². The van der Waals surface area contributed by atoms with Crippen LogP contribution in [-0.2, 0) is 17.5 Å². The standard InChI is InChI=1S/C30H28F5N5OS/c1-17-25(18(2)39(40-14-6-13-29(17,40)3)16-20-7-5-8-21(31)26(20)32)28(41)37-22-10-11-23(30(33,34)35)38-27(22)19-9-12-24(42-4)36-15-19/h5,7-12,15H,2,6,13-14,16H2,1,3-4H3,(H,37,41). The minimum absolute atomic E-state index is 0.0570. The lowest BCUT2D eigenvalue weighted by atomic mass is 9.84. The van der Waals surface area contributed by atoms with E-state index in [0.29, 0.717) is 29.1 Å². The number of carbonyl (C=O) groups is 1. The number of anilines is 1. The number of hydrogen-bond donors (Lipinski definition) is 1. The van der Waals surface area contributed by atoms with E-state index < -0.39 is 35.0 Å². The van der Waals surface area contributed by atoms with E-state index in [0.717, 1.165) is 24.6 Å². The number of alkyl halides is 3. The molecule has 2 aromatic heterocycles. The summed E-state index contributed by atoms with van der Waals surface area (Å²) < 4.78 is 69.5. The lowest BCUT2D eigenvalue weighted by Crippen LogP contribution is -2.56. The predicted molar refractivity (Wildman–Crippen MR) is 151 cm³/mol. The van der Waals surface area contributed by atoms with Crippen molar-refractivity contribution < 1.29 is 26.7 Å². The minimum Gasteiger partial charge on any atom is -0.320 e. The molecule has 1 unspecified atom stereocenters. The van der Waals surface area contributed by atoms with Gasteiger partial charge in [0.2, 0.25) is 0 Å². The van der Waals surface area contributed by atoms with Gasteiger partial charge >= 0.3 is 6.18 Å². The quantitative estimate of drug-likeness (QED) is 0.238. The van der Waals surface area contributed by atoms with Crippen molar-refractivity contribution in [3.05, 3.63) is 95.0 Å². The summed E-state index contributed by atoms with van der Waals surface area (Å²) in [6.45, 7) is 8.48. The fourth-order valence-electron chi connectivity index (χ4n) is 5.56. The van der Waals surface area contributed by atoms with Crippen molar-refractivity contribution in [2.24, 2.45) is 0 Å². The Balaban J connectivity index is 1.54. The number of nitrogens with zero attached hydrogens (tertiary/aromatic N) is 4. The normalized spacial score (nSPS) is 19.3. The third-order valence-corrected chi connectivity index (χ3v) is 8.57. The predicted octanol–water partition coefficient (Wildman–Crippen LogP) is 7.22. The van der Waals surface area contributed by atoms with Crippen LogP contribution in [0.3, 0.4) is 0 Å². The molecule has 0 bridgehead atoms. The minimum atomic E-state index is -4.70. The van der Waals surface area contributed by atoms with Gasteiger partial charge in [-0.2, -0.15) is 13.2 Å². The number of amides is 1. The Morgan fingerprint density at radius 1 is 1.17 bits per heavy atom. The van der Waals surface area contributed by atoms with Crippen molar-refractivity contribution in [1.82, 2.24) is 20.0 Å². The lowest BCUT2D eigenvalue weighted by molar-refractivity contribution is -0.141. The first-order valence-corrected chi connectivity index (χ1v) is 14.4. The maximum Gasteiger partial charge on any atom is 0.433 e. The van der Waals surface area contributed by atoms with Crippen molar-refractivity contribution in [2.45, 2.75) is 50.0 Å².